The van der Waals surface area contributed by atoms with E-state index in [1.54, 1.807) is 12.4 Å². The third-order valence-corrected chi connectivity index (χ3v) is 7.73. The van der Waals surface area contributed by atoms with Crippen LogP contribution in [0.5, 0.6) is 0 Å². The SMILES string of the molecule is Cc1cc([C@@H]2[C@H](c3ccccn3)NC(=S)N2c2ccc(NC(=O)C(C)C)c(Cl)c2)c(C)n1Cc1cccnc1. The van der Waals surface area contributed by atoms with Crippen molar-refractivity contribution in [2.75, 3.05) is 10.2 Å². The van der Waals surface area contributed by atoms with Crippen LogP contribution in [0.25, 0.3) is 0 Å². The molecule has 4 heterocycles. The summed E-state index contributed by atoms with van der Waals surface area (Å²) >= 11 is 12.6. The number of pyridine rings is 2. The van der Waals surface area contributed by atoms with Gasteiger partial charge in [0.2, 0.25) is 5.91 Å². The Bertz CT molecular complexity index is 1500. The number of hydrogen-bond acceptors (Lipinski definition) is 4. The smallest absolute Gasteiger partial charge is 0.226 e. The number of nitrogens with zero attached hydrogens (tertiary/aromatic N) is 4. The van der Waals surface area contributed by atoms with Gasteiger partial charge in [0.1, 0.15) is 0 Å². The first-order chi connectivity index (χ1) is 18.7. The molecule has 39 heavy (non-hydrogen) atoms. The number of anilines is 2. The van der Waals surface area contributed by atoms with Crippen LogP contribution in [0.15, 0.2) is 73.2 Å². The molecule has 4 aromatic rings. The van der Waals surface area contributed by atoms with Crippen molar-refractivity contribution in [3.63, 3.8) is 0 Å². The molecule has 1 fully saturated rings. The van der Waals surface area contributed by atoms with Gasteiger partial charge in [-0.05, 0) is 79.7 Å². The Kier molecular flexibility index (Phi) is 7.68. The lowest BCUT2D eigenvalue weighted by Gasteiger charge is -2.28. The fourth-order valence-electron chi connectivity index (χ4n) is 5.03. The molecule has 0 unspecified atom stereocenters. The van der Waals surface area contributed by atoms with Crippen molar-refractivity contribution in [1.82, 2.24) is 19.9 Å². The number of carbonyl (C=O) groups excluding carboxylic acids is 1. The van der Waals surface area contributed by atoms with E-state index in [9.17, 15) is 4.79 Å². The highest BCUT2D eigenvalue weighted by atomic mass is 35.5. The molecule has 0 spiro atoms. The normalized spacial score (nSPS) is 17.0. The molecule has 1 aliphatic heterocycles. The number of aryl methyl sites for hydroxylation is 1. The minimum absolute atomic E-state index is 0.0860. The monoisotopic (exact) mass is 558 g/mol. The molecule has 9 heteroatoms. The molecule has 3 aromatic heterocycles. The third kappa shape index (κ3) is 5.40. The van der Waals surface area contributed by atoms with Crippen LogP contribution in [-0.4, -0.2) is 25.6 Å². The van der Waals surface area contributed by atoms with E-state index in [2.05, 4.69) is 56.0 Å². The molecule has 7 nitrogen and oxygen atoms in total. The molecule has 1 aromatic carbocycles. The second kappa shape index (κ2) is 11.2. The van der Waals surface area contributed by atoms with Crippen molar-refractivity contribution in [2.24, 2.45) is 5.92 Å². The van der Waals surface area contributed by atoms with E-state index >= 15 is 0 Å². The number of benzene rings is 1. The Labute approximate surface area is 239 Å². The molecule has 0 radical (unpaired) electrons. The van der Waals surface area contributed by atoms with Gasteiger partial charge in [-0.2, -0.15) is 0 Å². The van der Waals surface area contributed by atoms with Gasteiger partial charge in [0.15, 0.2) is 5.11 Å². The molecule has 1 aliphatic rings. The van der Waals surface area contributed by atoms with Gasteiger partial charge >= 0.3 is 0 Å². The van der Waals surface area contributed by atoms with Crippen LogP contribution >= 0.6 is 23.8 Å². The fraction of sp³-hybridized carbons (Fsp3) is 0.267. The highest BCUT2D eigenvalue weighted by molar-refractivity contribution is 7.80. The van der Waals surface area contributed by atoms with Gasteiger partial charge in [-0.1, -0.05) is 37.6 Å². The van der Waals surface area contributed by atoms with Gasteiger partial charge in [-0.15, -0.1) is 0 Å². The summed E-state index contributed by atoms with van der Waals surface area (Å²) in [4.78, 5) is 23.3. The Morgan fingerprint density at radius 3 is 2.62 bits per heavy atom. The first-order valence-electron chi connectivity index (χ1n) is 12.9. The first-order valence-corrected chi connectivity index (χ1v) is 13.7. The number of nitrogens with one attached hydrogen (secondary N) is 2. The predicted octanol–water partition coefficient (Wildman–Crippen LogP) is 6.37. The number of aromatic nitrogens is 3. The molecule has 2 atom stereocenters. The summed E-state index contributed by atoms with van der Waals surface area (Å²) in [5.74, 6) is -0.237. The third-order valence-electron chi connectivity index (χ3n) is 7.11. The van der Waals surface area contributed by atoms with E-state index in [0.717, 1.165) is 40.4 Å². The zero-order valence-electron chi connectivity index (χ0n) is 22.4. The summed E-state index contributed by atoms with van der Waals surface area (Å²) in [5.41, 5.74) is 6.88. The Balaban J connectivity index is 1.57. The van der Waals surface area contributed by atoms with Crippen molar-refractivity contribution in [1.29, 1.82) is 0 Å². The van der Waals surface area contributed by atoms with Gasteiger partial charge < -0.3 is 20.1 Å². The number of hydrogen-bond donors (Lipinski definition) is 2. The summed E-state index contributed by atoms with van der Waals surface area (Å²) in [6, 6.07) is 17.5. The number of thiocarbonyl (C=S) groups is 1. The maximum Gasteiger partial charge on any atom is 0.226 e. The van der Waals surface area contributed by atoms with Crippen molar-refractivity contribution >= 4 is 46.2 Å². The van der Waals surface area contributed by atoms with Gasteiger partial charge in [-0.3, -0.25) is 14.8 Å². The van der Waals surface area contributed by atoms with E-state index in [1.165, 1.54) is 0 Å². The molecule has 200 valence electrons. The van der Waals surface area contributed by atoms with Crippen LogP contribution in [0, 0.1) is 19.8 Å². The van der Waals surface area contributed by atoms with Crippen molar-refractivity contribution < 1.29 is 4.79 Å². The maximum absolute atomic E-state index is 12.3. The Hall–Kier alpha value is -3.75. The Morgan fingerprint density at radius 1 is 1.13 bits per heavy atom. The highest BCUT2D eigenvalue weighted by Gasteiger charge is 2.42. The summed E-state index contributed by atoms with van der Waals surface area (Å²) in [7, 11) is 0. The zero-order valence-corrected chi connectivity index (χ0v) is 23.9. The van der Waals surface area contributed by atoms with Gasteiger partial charge in [0.25, 0.3) is 0 Å². The first kappa shape index (κ1) is 26.8. The quantitative estimate of drug-likeness (QED) is 0.257. The molecule has 5 rings (SSSR count). The van der Waals surface area contributed by atoms with Crippen LogP contribution in [0.4, 0.5) is 11.4 Å². The molecule has 2 N–H and O–H groups in total. The van der Waals surface area contributed by atoms with E-state index in [4.69, 9.17) is 23.8 Å². The molecule has 0 aliphatic carbocycles. The second-order valence-corrected chi connectivity index (χ2v) is 10.9. The van der Waals surface area contributed by atoms with Gasteiger partial charge in [-0.25, -0.2) is 0 Å². The standard InChI is InChI=1S/C30H31ClN6OS/c1-18(2)29(38)34-25-11-10-22(15-24(25)31)37-28(27(35-30(37)39)26-9-5-6-13-33-26)23-14-19(3)36(20(23)4)17-21-8-7-12-32-16-21/h5-16,18,27-28H,17H2,1-4H3,(H,34,38)(H,35,39)/t27-,28+/m0/s1. The van der Waals surface area contributed by atoms with Gasteiger partial charge in [0.05, 0.1) is 28.5 Å². The Morgan fingerprint density at radius 2 is 1.95 bits per heavy atom. The molecular formula is C30H31ClN6OS. The minimum Gasteiger partial charge on any atom is -0.351 e. The number of carbonyl (C=O) groups is 1. The zero-order chi connectivity index (χ0) is 27.7. The summed E-state index contributed by atoms with van der Waals surface area (Å²) < 4.78 is 2.30. The lowest BCUT2D eigenvalue weighted by Crippen LogP contribution is -2.29. The number of amides is 1. The van der Waals surface area contributed by atoms with E-state index in [-0.39, 0.29) is 23.9 Å². The molecule has 1 saturated heterocycles. The predicted molar refractivity (Wildman–Crippen MR) is 160 cm³/mol. The molecule has 1 amide bonds. The summed E-state index contributed by atoms with van der Waals surface area (Å²) in [5, 5.41) is 7.46. The summed E-state index contributed by atoms with van der Waals surface area (Å²) in [6.45, 7) is 8.68. The lowest BCUT2D eigenvalue weighted by atomic mass is 9.96. The maximum atomic E-state index is 12.3. The highest BCUT2D eigenvalue weighted by Crippen LogP contribution is 2.44. The largest absolute Gasteiger partial charge is 0.351 e. The van der Waals surface area contributed by atoms with E-state index < -0.39 is 0 Å². The van der Waals surface area contributed by atoms with E-state index in [0.29, 0.717) is 15.8 Å². The van der Waals surface area contributed by atoms with Crippen molar-refractivity contribution in [2.45, 2.75) is 46.3 Å². The topological polar surface area (TPSA) is 75.1 Å². The van der Waals surface area contributed by atoms with E-state index in [1.807, 2.05) is 62.5 Å². The van der Waals surface area contributed by atoms with Crippen LogP contribution < -0.4 is 15.5 Å². The summed E-state index contributed by atoms with van der Waals surface area (Å²) in [6.07, 6.45) is 5.49. The molecular weight excluding hydrogens is 528 g/mol. The van der Waals surface area contributed by atoms with Crippen molar-refractivity contribution in [3.8, 4) is 0 Å². The van der Waals surface area contributed by atoms with Crippen LogP contribution in [0.1, 0.15) is 54.1 Å². The van der Waals surface area contributed by atoms with Crippen LogP contribution in [0.2, 0.25) is 5.02 Å². The van der Waals surface area contributed by atoms with Crippen LogP contribution in [-0.2, 0) is 11.3 Å². The second-order valence-electron chi connectivity index (χ2n) is 10.1. The van der Waals surface area contributed by atoms with Gasteiger partial charge in [0, 0.05) is 48.1 Å². The van der Waals surface area contributed by atoms with Crippen LogP contribution in [0.3, 0.4) is 0 Å². The van der Waals surface area contributed by atoms with Crippen molar-refractivity contribution in [3.05, 3.63) is 106 Å². The minimum atomic E-state index is -0.176. The lowest BCUT2D eigenvalue weighted by molar-refractivity contribution is -0.118. The number of rotatable bonds is 7. The number of halogens is 1. The average molecular weight is 559 g/mol. The molecule has 0 bridgehead atoms. The molecule has 0 saturated carbocycles. The average Bonchev–Trinajstić information content (AvgIpc) is 3.41. The fourth-order valence-corrected chi connectivity index (χ4v) is 5.59.